The lowest BCUT2D eigenvalue weighted by atomic mass is 9.98. The Kier molecular flexibility index (Phi) is 4.22. The summed E-state index contributed by atoms with van der Waals surface area (Å²) in [7, 11) is 0. The lowest BCUT2D eigenvalue weighted by Crippen LogP contribution is -2.14. The molecule has 0 heterocycles. The van der Waals surface area contributed by atoms with Crippen LogP contribution in [0.3, 0.4) is 0 Å². The summed E-state index contributed by atoms with van der Waals surface area (Å²) in [6, 6.07) is 19.3. The van der Waals surface area contributed by atoms with Crippen LogP contribution in [0.15, 0.2) is 60.7 Å². The molecule has 0 amide bonds. The van der Waals surface area contributed by atoms with E-state index < -0.39 is 0 Å². The minimum Gasteiger partial charge on any atom is -0.324 e. The highest BCUT2D eigenvalue weighted by molar-refractivity contribution is 14.1. The number of benzene rings is 3. The van der Waals surface area contributed by atoms with Crippen LogP contribution in [0.25, 0.3) is 10.8 Å². The van der Waals surface area contributed by atoms with E-state index in [1.165, 1.54) is 28.5 Å². The first-order valence-corrected chi connectivity index (χ1v) is 7.89. The van der Waals surface area contributed by atoms with Gasteiger partial charge >= 0.3 is 0 Å². The molecule has 0 saturated carbocycles. The van der Waals surface area contributed by atoms with Crippen LogP contribution in [0.4, 0.5) is 4.39 Å². The van der Waals surface area contributed by atoms with E-state index in [9.17, 15) is 4.39 Å². The minimum atomic E-state index is -0.221. The van der Waals surface area contributed by atoms with Gasteiger partial charge in [0.2, 0.25) is 0 Å². The van der Waals surface area contributed by atoms with Gasteiger partial charge in [-0.1, -0.05) is 48.5 Å². The van der Waals surface area contributed by atoms with E-state index in [4.69, 9.17) is 5.73 Å². The van der Waals surface area contributed by atoms with Crippen molar-refractivity contribution in [3.8, 4) is 0 Å². The van der Waals surface area contributed by atoms with Crippen molar-refractivity contribution in [2.45, 2.75) is 12.5 Å². The molecule has 0 aliphatic heterocycles. The predicted octanol–water partition coefficient (Wildman–Crippen LogP) is 4.83. The van der Waals surface area contributed by atoms with E-state index in [2.05, 4.69) is 52.9 Å². The molecule has 0 radical (unpaired) electrons. The van der Waals surface area contributed by atoms with Gasteiger partial charge in [-0.05, 0) is 63.0 Å². The molecule has 1 nitrogen and oxygen atoms in total. The summed E-state index contributed by atoms with van der Waals surface area (Å²) in [4.78, 5) is 0. The number of nitrogens with two attached hydrogens (primary N) is 1. The Morgan fingerprint density at radius 3 is 2.48 bits per heavy atom. The fourth-order valence-electron chi connectivity index (χ4n) is 2.53. The summed E-state index contributed by atoms with van der Waals surface area (Å²) in [5.74, 6) is -0.221. The molecular formula is C18H15FIN. The van der Waals surface area contributed by atoms with Crippen LogP contribution in [-0.2, 0) is 6.42 Å². The van der Waals surface area contributed by atoms with Crippen molar-refractivity contribution in [1.29, 1.82) is 0 Å². The van der Waals surface area contributed by atoms with Crippen LogP contribution >= 0.6 is 22.6 Å². The molecule has 0 fully saturated rings. The van der Waals surface area contributed by atoms with E-state index in [-0.39, 0.29) is 11.9 Å². The van der Waals surface area contributed by atoms with E-state index in [1.807, 2.05) is 12.1 Å². The largest absolute Gasteiger partial charge is 0.324 e. The van der Waals surface area contributed by atoms with Crippen molar-refractivity contribution in [2.75, 3.05) is 0 Å². The summed E-state index contributed by atoms with van der Waals surface area (Å²) in [6.45, 7) is 0. The Morgan fingerprint density at radius 1 is 0.952 bits per heavy atom. The van der Waals surface area contributed by atoms with E-state index in [0.717, 1.165) is 15.6 Å². The third-order valence-corrected chi connectivity index (χ3v) is 4.57. The molecule has 21 heavy (non-hydrogen) atoms. The van der Waals surface area contributed by atoms with Crippen LogP contribution in [-0.4, -0.2) is 0 Å². The van der Waals surface area contributed by atoms with Crippen LogP contribution < -0.4 is 5.73 Å². The predicted molar refractivity (Wildman–Crippen MR) is 93.7 cm³/mol. The molecular weight excluding hydrogens is 376 g/mol. The Bertz CT molecular complexity index is 785. The van der Waals surface area contributed by atoms with Crippen molar-refractivity contribution in [1.82, 2.24) is 0 Å². The van der Waals surface area contributed by atoms with Crippen molar-refractivity contribution < 1.29 is 4.39 Å². The summed E-state index contributed by atoms with van der Waals surface area (Å²) in [5, 5.41) is 2.45. The van der Waals surface area contributed by atoms with Gasteiger partial charge in [0.1, 0.15) is 5.82 Å². The van der Waals surface area contributed by atoms with Crippen LogP contribution in [0.1, 0.15) is 17.2 Å². The molecule has 3 heteroatoms. The maximum absolute atomic E-state index is 13.2. The number of halogens is 2. The second kappa shape index (κ2) is 6.12. The van der Waals surface area contributed by atoms with Crippen LogP contribution in [0.5, 0.6) is 0 Å². The van der Waals surface area contributed by atoms with Gasteiger partial charge in [0.05, 0.1) is 0 Å². The number of hydrogen-bond donors (Lipinski definition) is 1. The zero-order valence-corrected chi connectivity index (χ0v) is 13.5. The highest BCUT2D eigenvalue weighted by atomic mass is 127. The van der Waals surface area contributed by atoms with Crippen molar-refractivity contribution >= 4 is 33.4 Å². The van der Waals surface area contributed by atoms with Gasteiger partial charge < -0.3 is 5.73 Å². The highest BCUT2D eigenvalue weighted by Crippen LogP contribution is 2.24. The third-order valence-electron chi connectivity index (χ3n) is 3.63. The molecule has 3 rings (SSSR count). The molecule has 3 aromatic rings. The SMILES string of the molecule is NC(Cc1ccc2ccccc2c1)c1ccc(F)cc1I. The van der Waals surface area contributed by atoms with E-state index >= 15 is 0 Å². The average molecular weight is 391 g/mol. The van der Waals surface area contributed by atoms with Gasteiger partial charge in [0.15, 0.2) is 0 Å². The van der Waals surface area contributed by atoms with Gasteiger partial charge in [0, 0.05) is 9.61 Å². The topological polar surface area (TPSA) is 26.0 Å². The Hall–Kier alpha value is -1.46. The lowest BCUT2D eigenvalue weighted by Gasteiger charge is -2.14. The molecule has 0 saturated heterocycles. The molecule has 0 aliphatic rings. The molecule has 2 N–H and O–H groups in total. The zero-order chi connectivity index (χ0) is 14.8. The molecule has 106 valence electrons. The first-order valence-electron chi connectivity index (χ1n) is 6.82. The van der Waals surface area contributed by atoms with Crippen molar-refractivity contribution in [3.05, 3.63) is 81.2 Å². The molecule has 3 aromatic carbocycles. The third kappa shape index (κ3) is 3.24. The Labute approximate surface area is 137 Å². The first-order chi connectivity index (χ1) is 10.1. The smallest absolute Gasteiger partial charge is 0.124 e. The summed E-state index contributed by atoms with van der Waals surface area (Å²) in [5.41, 5.74) is 8.48. The lowest BCUT2D eigenvalue weighted by molar-refractivity contribution is 0.622. The molecule has 1 atom stereocenters. The maximum Gasteiger partial charge on any atom is 0.124 e. The molecule has 0 bridgehead atoms. The van der Waals surface area contributed by atoms with Gasteiger partial charge in [-0.15, -0.1) is 0 Å². The average Bonchev–Trinajstić information content (AvgIpc) is 2.47. The minimum absolute atomic E-state index is 0.126. The summed E-state index contributed by atoms with van der Waals surface area (Å²) in [6.07, 6.45) is 0.743. The zero-order valence-electron chi connectivity index (χ0n) is 11.4. The van der Waals surface area contributed by atoms with Crippen LogP contribution in [0.2, 0.25) is 0 Å². The van der Waals surface area contributed by atoms with Gasteiger partial charge in [-0.2, -0.15) is 0 Å². The molecule has 1 unspecified atom stereocenters. The molecule has 0 spiro atoms. The van der Waals surface area contributed by atoms with Crippen LogP contribution in [0, 0.1) is 9.39 Å². The first kappa shape index (κ1) is 14.5. The Morgan fingerprint density at radius 2 is 1.71 bits per heavy atom. The number of rotatable bonds is 3. The maximum atomic E-state index is 13.2. The second-order valence-corrected chi connectivity index (χ2v) is 6.32. The molecule has 0 aliphatic carbocycles. The van der Waals surface area contributed by atoms with E-state index in [1.54, 1.807) is 6.07 Å². The standard InChI is InChI=1S/C18H15FIN/c19-15-7-8-16(17(20)11-15)18(21)10-12-5-6-13-3-1-2-4-14(13)9-12/h1-9,11,18H,10,21H2. The van der Waals surface area contributed by atoms with Gasteiger partial charge in [-0.25, -0.2) is 4.39 Å². The fourth-order valence-corrected chi connectivity index (χ4v) is 3.41. The highest BCUT2D eigenvalue weighted by Gasteiger charge is 2.11. The summed E-state index contributed by atoms with van der Waals surface area (Å²) >= 11 is 2.14. The monoisotopic (exact) mass is 391 g/mol. The fraction of sp³-hybridized carbons (Fsp3) is 0.111. The Balaban J connectivity index is 1.87. The van der Waals surface area contributed by atoms with Gasteiger partial charge in [0.25, 0.3) is 0 Å². The quantitative estimate of drug-likeness (QED) is 0.637. The normalized spacial score (nSPS) is 12.5. The van der Waals surface area contributed by atoms with E-state index in [0.29, 0.717) is 0 Å². The van der Waals surface area contributed by atoms with Crippen molar-refractivity contribution in [2.24, 2.45) is 5.73 Å². The summed E-state index contributed by atoms with van der Waals surface area (Å²) < 4.78 is 14.0. The molecule has 0 aromatic heterocycles. The van der Waals surface area contributed by atoms with Gasteiger partial charge in [-0.3, -0.25) is 0 Å². The number of fused-ring (bicyclic) bond motifs is 1. The van der Waals surface area contributed by atoms with Crippen molar-refractivity contribution in [3.63, 3.8) is 0 Å². The number of hydrogen-bond acceptors (Lipinski definition) is 1. The second-order valence-electron chi connectivity index (χ2n) is 5.16.